The third kappa shape index (κ3) is 1.53. The number of rotatable bonds is 0. The Hall–Kier alpha value is -0.340. The van der Waals surface area contributed by atoms with E-state index in [0.717, 1.165) is 0 Å². The predicted molar refractivity (Wildman–Crippen MR) is 38.8 cm³/mol. The highest BCUT2D eigenvalue weighted by atomic mass is 35.5. The maximum atomic E-state index is 5.65. The van der Waals surface area contributed by atoms with Gasteiger partial charge in [0.25, 0.3) is 0 Å². The van der Waals surface area contributed by atoms with Gasteiger partial charge in [-0.15, -0.1) is 0 Å². The fourth-order valence-corrected chi connectivity index (χ4v) is 0.800. The summed E-state index contributed by atoms with van der Waals surface area (Å²) < 4.78 is 0. The quantitative estimate of drug-likeness (QED) is 0.548. The summed E-state index contributed by atoms with van der Waals surface area (Å²) in [7, 11) is 1.79. The van der Waals surface area contributed by atoms with Gasteiger partial charge < -0.3 is 0 Å². The van der Waals surface area contributed by atoms with Crippen molar-refractivity contribution in [2.45, 2.75) is 0 Å². The van der Waals surface area contributed by atoms with Crippen molar-refractivity contribution in [1.29, 1.82) is 0 Å². The summed E-state index contributed by atoms with van der Waals surface area (Å²) in [4.78, 5) is 0. The molecule has 0 aromatic rings. The Morgan fingerprint density at radius 2 is 2.11 bits per heavy atom. The summed E-state index contributed by atoms with van der Waals surface area (Å²) >= 11 is 11.2. The lowest BCUT2D eigenvalue weighted by Gasteiger charge is -2.21. The standard InChI is InChI=1S/C5H6Cl2N2/c1-9-5(7)3-2-4(6)8-9/h2-3,8H,1H3. The maximum Gasteiger partial charge on any atom is 0.123 e. The monoisotopic (exact) mass is 164 g/mol. The van der Waals surface area contributed by atoms with Crippen LogP contribution in [0.2, 0.25) is 0 Å². The molecule has 0 fully saturated rings. The molecule has 0 atom stereocenters. The van der Waals surface area contributed by atoms with Gasteiger partial charge in [-0.25, -0.2) is 0 Å². The van der Waals surface area contributed by atoms with E-state index in [2.05, 4.69) is 5.43 Å². The molecule has 1 N–H and O–H groups in total. The highest BCUT2D eigenvalue weighted by molar-refractivity contribution is 6.31. The van der Waals surface area contributed by atoms with E-state index in [0.29, 0.717) is 10.3 Å². The Morgan fingerprint density at radius 3 is 2.56 bits per heavy atom. The van der Waals surface area contributed by atoms with Crippen LogP contribution in [0.5, 0.6) is 0 Å². The minimum atomic E-state index is 0.571. The van der Waals surface area contributed by atoms with Crippen LogP contribution in [0.25, 0.3) is 0 Å². The highest BCUT2D eigenvalue weighted by Crippen LogP contribution is 2.12. The molecule has 0 aromatic heterocycles. The smallest absolute Gasteiger partial charge is 0.123 e. The molecular formula is C5H6Cl2N2. The van der Waals surface area contributed by atoms with Crippen molar-refractivity contribution in [3.8, 4) is 0 Å². The van der Waals surface area contributed by atoms with Crippen LogP contribution >= 0.6 is 23.2 Å². The van der Waals surface area contributed by atoms with E-state index in [1.807, 2.05) is 0 Å². The van der Waals surface area contributed by atoms with Crippen LogP contribution in [0.1, 0.15) is 0 Å². The molecule has 0 unspecified atom stereocenters. The second-order valence-corrected chi connectivity index (χ2v) is 2.47. The Kier molecular flexibility index (Phi) is 1.88. The normalized spacial score (nSPS) is 18.3. The number of nitrogens with one attached hydrogen (secondary N) is 1. The van der Waals surface area contributed by atoms with E-state index >= 15 is 0 Å². The second-order valence-electron chi connectivity index (χ2n) is 1.67. The average molecular weight is 165 g/mol. The van der Waals surface area contributed by atoms with Crippen molar-refractivity contribution in [1.82, 2.24) is 10.4 Å². The van der Waals surface area contributed by atoms with Crippen molar-refractivity contribution in [2.75, 3.05) is 7.05 Å². The molecule has 0 saturated heterocycles. The molecule has 0 radical (unpaired) electrons. The van der Waals surface area contributed by atoms with Gasteiger partial charge in [-0.2, -0.15) is 0 Å². The lowest BCUT2D eigenvalue weighted by atomic mass is 10.5. The first-order valence-corrected chi connectivity index (χ1v) is 3.19. The molecule has 1 aliphatic rings. The summed E-state index contributed by atoms with van der Waals surface area (Å²) in [6.07, 6.45) is 3.42. The van der Waals surface area contributed by atoms with E-state index in [9.17, 15) is 0 Å². The van der Waals surface area contributed by atoms with Gasteiger partial charge in [0.2, 0.25) is 0 Å². The van der Waals surface area contributed by atoms with E-state index in [1.54, 1.807) is 24.2 Å². The van der Waals surface area contributed by atoms with Crippen molar-refractivity contribution in [3.63, 3.8) is 0 Å². The first-order valence-electron chi connectivity index (χ1n) is 2.43. The minimum absolute atomic E-state index is 0.571. The van der Waals surface area contributed by atoms with Crippen molar-refractivity contribution < 1.29 is 0 Å². The molecule has 1 aliphatic heterocycles. The second kappa shape index (κ2) is 2.50. The minimum Gasteiger partial charge on any atom is -0.287 e. The van der Waals surface area contributed by atoms with Crippen LogP contribution in [-0.4, -0.2) is 12.1 Å². The van der Waals surface area contributed by atoms with Crippen molar-refractivity contribution in [2.24, 2.45) is 0 Å². The van der Waals surface area contributed by atoms with Gasteiger partial charge in [0.1, 0.15) is 10.3 Å². The summed E-state index contributed by atoms with van der Waals surface area (Å²) in [6, 6.07) is 0. The lowest BCUT2D eigenvalue weighted by molar-refractivity contribution is 0.364. The summed E-state index contributed by atoms with van der Waals surface area (Å²) in [5.41, 5.74) is 2.79. The van der Waals surface area contributed by atoms with Gasteiger partial charge in [0, 0.05) is 7.05 Å². The van der Waals surface area contributed by atoms with Crippen LogP contribution in [0.4, 0.5) is 0 Å². The Labute approximate surface area is 63.7 Å². The third-order valence-corrected chi connectivity index (χ3v) is 1.55. The van der Waals surface area contributed by atoms with Gasteiger partial charge in [-0.1, -0.05) is 23.2 Å². The van der Waals surface area contributed by atoms with Crippen LogP contribution < -0.4 is 5.43 Å². The largest absolute Gasteiger partial charge is 0.287 e. The van der Waals surface area contributed by atoms with E-state index in [-0.39, 0.29) is 0 Å². The molecule has 9 heavy (non-hydrogen) atoms. The zero-order valence-corrected chi connectivity index (χ0v) is 6.37. The van der Waals surface area contributed by atoms with Crippen LogP contribution in [0, 0.1) is 0 Å². The SMILES string of the molecule is CN1NC(Cl)=CC=C1Cl. The first-order chi connectivity index (χ1) is 4.20. The summed E-state index contributed by atoms with van der Waals surface area (Å²) in [5.74, 6) is 0. The van der Waals surface area contributed by atoms with Crippen molar-refractivity contribution in [3.05, 3.63) is 22.5 Å². The van der Waals surface area contributed by atoms with Crippen LogP contribution in [0.3, 0.4) is 0 Å². The Morgan fingerprint density at radius 1 is 1.44 bits per heavy atom. The summed E-state index contributed by atoms with van der Waals surface area (Å²) in [6.45, 7) is 0. The zero-order valence-electron chi connectivity index (χ0n) is 4.86. The van der Waals surface area contributed by atoms with Gasteiger partial charge in [-0.3, -0.25) is 10.4 Å². The van der Waals surface area contributed by atoms with Gasteiger partial charge in [0.05, 0.1) is 0 Å². The van der Waals surface area contributed by atoms with Gasteiger partial charge >= 0.3 is 0 Å². The molecule has 50 valence electrons. The number of nitrogens with zero attached hydrogens (tertiary/aromatic N) is 1. The number of allylic oxidation sites excluding steroid dienone is 2. The number of hydrazine groups is 1. The fraction of sp³-hybridized carbons (Fsp3) is 0.200. The number of hydrogen-bond acceptors (Lipinski definition) is 2. The summed E-state index contributed by atoms with van der Waals surface area (Å²) in [5, 5.41) is 2.82. The van der Waals surface area contributed by atoms with Crippen LogP contribution in [0.15, 0.2) is 22.5 Å². The molecule has 4 heteroatoms. The van der Waals surface area contributed by atoms with E-state index < -0.39 is 0 Å². The number of halogens is 2. The molecule has 0 spiro atoms. The molecule has 0 saturated carbocycles. The molecule has 1 rings (SSSR count). The molecule has 1 heterocycles. The molecule has 2 nitrogen and oxygen atoms in total. The van der Waals surface area contributed by atoms with Crippen LogP contribution in [-0.2, 0) is 0 Å². The van der Waals surface area contributed by atoms with E-state index in [1.165, 1.54) is 0 Å². The molecule has 0 aliphatic carbocycles. The Bertz CT molecular complexity index is 174. The molecule has 0 bridgehead atoms. The zero-order chi connectivity index (χ0) is 6.85. The van der Waals surface area contributed by atoms with Crippen molar-refractivity contribution >= 4 is 23.2 Å². The predicted octanol–water partition coefficient (Wildman–Crippen LogP) is 1.60. The highest BCUT2D eigenvalue weighted by Gasteiger charge is 2.04. The topological polar surface area (TPSA) is 15.3 Å². The average Bonchev–Trinajstić information content (AvgIpc) is 1.80. The van der Waals surface area contributed by atoms with E-state index in [4.69, 9.17) is 23.2 Å². The molecule has 0 amide bonds. The Balaban J connectivity index is 2.74. The maximum absolute atomic E-state index is 5.65. The van der Waals surface area contributed by atoms with Gasteiger partial charge in [-0.05, 0) is 12.2 Å². The molecular weight excluding hydrogens is 159 g/mol. The number of hydrogen-bond donors (Lipinski definition) is 1. The first kappa shape index (κ1) is 6.78. The fourth-order valence-electron chi connectivity index (χ4n) is 0.505. The van der Waals surface area contributed by atoms with Gasteiger partial charge in [0.15, 0.2) is 0 Å². The molecule has 0 aromatic carbocycles. The third-order valence-electron chi connectivity index (χ3n) is 0.962. The lowest BCUT2D eigenvalue weighted by Crippen LogP contribution is -2.31.